The number of rotatable bonds is 3. The average Bonchev–Trinajstić information content (AvgIpc) is 2.84. The minimum Gasteiger partial charge on any atom is -0.471 e. The number of esters is 1. The van der Waals surface area contributed by atoms with E-state index in [1.165, 1.54) is 16.8 Å². The lowest BCUT2D eigenvalue weighted by Gasteiger charge is -2.18. The fourth-order valence-corrected chi connectivity index (χ4v) is 2.64. The van der Waals surface area contributed by atoms with E-state index >= 15 is 0 Å². The van der Waals surface area contributed by atoms with Crippen molar-refractivity contribution in [3.05, 3.63) is 81.3 Å². The Morgan fingerprint density at radius 1 is 1.25 bits per heavy atom. The van der Waals surface area contributed by atoms with Gasteiger partial charge in [0.1, 0.15) is 5.76 Å². The van der Waals surface area contributed by atoms with E-state index in [1.54, 1.807) is 37.3 Å². The van der Waals surface area contributed by atoms with Crippen molar-refractivity contribution in [1.29, 1.82) is 0 Å². The lowest BCUT2D eigenvalue weighted by molar-refractivity contribution is 0.0268. The van der Waals surface area contributed by atoms with Gasteiger partial charge in [0.15, 0.2) is 12.3 Å². The number of nitrogens with zero attached hydrogens (tertiary/aromatic N) is 1. The second-order valence-electron chi connectivity index (χ2n) is 5.54. The van der Waals surface area contributed by atoms with Crippen LogP contribution in [0.15, 0.2) is 64.5 Å². The van der Waals surface area contributed by atoms with Crippen molar-refractivity contribution in [3.63, 3.8) is 0 Å². The topological polar surface area (TPSA) is 90.4 Å². The molecule has 0 amide bonds. The predicted octanol–water partition coefficient (Wildman–Crippen LogP) is 1.44. The molecule has 1 aromatic carbocycles. The minimum absolute atomic E-state index is 0.259. The summed E-state index contributed by atoms with van der Waals surface area (Å²) in [4.78, 5) is 37.5. The molecular weight excluding hydrogens is 312 g/mol. The third-order valence-electron chi connectivity index (χ3n) is 3.89. The van der Waals surface area contributed by atoms with E-state index in [2.05, 4.69) is 11.6 Å². The van der Waals surface area contributed by atoms with Crippen molar-refractivity contribution in [1.82, 2.24) is 9.55 Å². The fraction of sp³-hybridized carbons (Fsp3) is 0.235. The molecule has 1 fully saturated rings. The molecule has 2 heterocycles. The summed E-state index contributed by atoms with van der Waals surface area (Å²) in [6.07, 6.45) is -0.0613. The molecule has 7 heteroatoms. The highest BCUT2D eigenvalue weighted by molar-refractivity contribution is 5.89. The molecule has 0 saturated carbocycles. The third-order valence-corrected chi connectivity index (χ3v) is 3.89. The molecule has 0 spiro atoms. The summed E-state index contributed by atoms with van der Waals surface area (Å²) in [5, 5.41) is 0. The van der Waals surface area contributed by atoms with Gasteiger partial charge in [-0.15, -0.1) is 0 Å². The number of ether oxygens (including phenoxy) is 2. The zero-order valence-corrected chi connectivity index (χ0v) is 13.0. The van der Waals surface area contributed by atoms with Crippen LogP contribution in [0.2, 0.25) is 0 Å². The van der Waals surface area contributed by atoms with Crippen molar-refractivity contribution >= 4 is 5.97 Å². The van der Waals surface area contributed by atoms with Crippen LogP contribution in [-0.4, -0.2) is 21.6 Å². The van der Waals surface area contributed by atoms with E-state index in [0.29, 0.717) is 5.56 Å². The maximum Gasteiger partial charge on any atom is 0.338 e. The molecule has 0 radical (unpaired) electrons. The molecule has 2 aromatic rings. The highest BCUT2D eigenvalue weighted by Crippen LogP contribution is 2.37. The van der Waals surface area contributed by atoms with Crippen molar-refractivity contribution in [2.45, 2.75) is 19.3 Å². The van der Waals surface area contributed by atoms with Crippen LogP contribution in [0.3, 0.4) is 0 Å². The van der Waals surface area contributed by atoms with Gasteiger partial charge in [-0.2, -0.15) is 0 Å². The number of carbonyl (C=O) groups excluding carboxylic acids is 1. The van der Waals surface area contributed by atoms with E-state index < -0.39 is 29.6 Å². The Bertz CT molecular complexity index is 884. The smallest absolute Gasteiger partial charge is 0.338 e. The highest BCUT2D eigenvalue weighted by atomic mass is 16.6. The van der Waals surface area contributed by atoms with Crippen LogP contribution in [0.4, 0.5) is 0 Å². The van der Waals surface area contributed by atoms with Crippen LogP contribution in [-0.2, 0) is 9.47 Å². The molecule has 0 aliphatic carbocycles. The van der Waals surface area contributed by atoms with Crippen molar-refractivity contribution in [3.8, 4) is 0 Å². The van der Waals surface area contributed by atoms with Crippen LogP contribution in [0.5, 0.6) is 0 Å². The van der Waals surface area contributed by atoms with Gasteiger partial charge in [-0.05, 0) is 12.1 Å². The summed E-state index contributed by atoms with van der Waals surface area (Å²) in [5.41, 5.74) is -0.669. The summed E-state index contributed by atoms with van der Waals surface area (Å²) >= 11 is 0. The normalized spacial score (nSPS) is 22.9. The summed E-state index contributed by atoms with van der Waals surface area (Å²) in [6.45, 7) is 5.55. The molecule has 1 unspecified atom stereocenters. The first kappa shape index (κ1) is 15.8. The van der Waals surface area contributed by atoms with Crippen LogP contribution in [0.25, 0.3) is 0 Å². The Morgan fingerprint density at radius 2 is 1.96 bits per heavy atom. The molecule has 0 bridgehead atoms. The molecule has 1 saturated heterocycles. The Kier molecular flexibility index (Phi) is 4.07. The first-order valence-corrected chi connectivity index (χ1v) is 7.40. The number of nitrogens with one attached hydrogen (secondary N) is 1. The van der Waals surface area contributed by atoms with Gasteiger partial charge in [-0.1, -0.05) is 31.7 Å². The zero-order chi connectivity index (χ0) is 17.3. The number of hydrogen-bond donors (Lipinski definition) is 1. The second kappa shape index (κ2) is 6.19. The number of carbonyl (C=O) groups is 1. The predicted molar refractivity (Wildman–Crippen MR) is 85.4 cm³/mol. The number of aromatic amines is 1. The van der Waals surface area contributed by atoms with E-state index in [0.717, 1.165) is 0 Å². The van der Waals surface area contributed by atoms with Gasteiger partial charge in [0, 0.05) is 12.3 Å². The van der Waals surface area contributed by atoms with Gasteiger partial charge in [-0.3, -0.25) is 14.3 Å². The maximum absolute atomic E-state index is 12.2. The standard InChI is InChI=1S/C17H16N2O5/c1-10-14(24-16(21)12-6-4-3-5-7-12)11(2)23-15(10)19-9-8-13(20)18-17(19)22/h3-10,14-15H,2H2,1H3,(H,18,20,22)/t10-,14?,15+/m0/s1. The molecule has 24 heavy (non-hydrogen) atoms. The number of H-pyrrole nitrogens is 1. The van der Waals surface area contributed by atoms with Gasteiger partial charge in [0.2, 0.25) is 0 Å². The van der Waals surface area contributed by atoms with Gasteiger partial charge in [-0.25, -0.2) is 9.59 Å². The first-order valence-electron chi connectivity index (χ1n) is 7.40. The molecule has 1 N–H and O–H groups in total. The Hall–Kier alpha value is -3.09. The van der Waals surface area contributed by atoms with Crippen molar-refractivity contribution in [2.24, 2.45) is 5.92 Å². The third kappa shape index (κ3) is 2.88. The summed E-state index contributed by atoms with van der Waals surface area (Å²) in [5.74, 6) is -0.588. The lowest BCUT2D eigenvalue weighted by Crippen LogP contribution is -2.34. The fourth-order valence-electron chi connectivity index (χ4n) is 2.64. The first-order chi connectivity index (χ1) is 11.5. The Labute approximate surface area is 137 Å². The average molecular weight is 328 g/mol. The van der Waals surface area contributed by atoms with Crippen LogP contribution < -0.4 is 11.2 Å². The SMILES string of the molecule is C=C1O[C@@H](n2ccc(=O)[nH]c2=O)[C@@H](C)C1OC(=O)c1ccccc1. The molecule has 1 aromatic heterocycles. The van der Waals surface area contributed by atoms with E-state index in [9.17, 15) is 14.4 Å². The number of benzene rings is 1. The summed E-state index contributed by atoms with van der Waals surface area (Å²) in [7, 11) is 0. The largest absolute Gasteiger partial charge is 0.471 e. The second-order valence-corrected chi connectivity index (χ2v) is 5.54. The van der Waals surface area contributed by atoms with Crippen LogP contribution >= 0.6 is 0 Å². The molecule has 124 valence electrons. The number of hydrogen-bond acceptors (Lipinski definition) is 5. The van der Waals surface area contributed by atoms with E-state index in [1.807, 2.05) is 0 Å². The molecule has 3 rings (SSSR count). The summed E-state index contributed by atoms with van der Waals surface area (Å²) < 4.78 is 12.3. The van der Waals surface area contributed by atoms with Gasteiger partial charge in [0.25, 0.3) is 5.56 Å². The van der Waals surface area contributed by atoms with Gasteiger partial charge >= 0.3 is 11.7 Å². The van der Waals surface area contributed by atoms with Crippen molar-refractivity contribution in [2.75, 3.05) is 0 Å². The molecule has 1 aliphatic heterocycles. The lowest BCUT2D eigenvalue weighted by atomic mass is 10.0. The van der Waals surface area contributed by atoms with Crippen molar-refractivity contribution < 1.29 is 14.3 Å². The monoisotopic (exact) mass is 328 g/mol. The molecule has 1 aliphatic rings. The van der Waals surface area contributed by atoms with Gasteiger partial charge in [0.05, 0.1) is 11.5 Å². The van der Waals surface area contributed by atoms with Crippen LogP contribution in [0.1, 0.15) is 23.5 Å². The number of aromatic nitrogens is 2. The zero-order valence-electron chi connectivity index (χ0n) is 13.0. The Morgan fingerprint density at radius 3 is 2.62 bits per heavy atom. The quantitative estimate of drug-likeness (QED) is 0.861. The molecule has 3 atom stereocenters. The minimum atomic E-state index is -0.713. The maximum atomic E-state index is 12.2. The van der Waals surface area contributed by atoms with Crippen LogP contribution in [0, 0.1) is 5.92 Å². The van der Waals surface area contributed by atoms with E-state index in [4.69, 9.17) is 9.47 Å². The molecular formula is C17H16N2O5. The highest BCUT2D eigenvalue weighted by Gasteiger charge is 2.42. The molecule has 7 nitrogen and oxygen atoms in total. The Balaban J connectivity index is 1.81. The van der Waals surface area contributed by atoms with Gasteiger partial charge < -0.3 is 9.47 Å². The summed E-state index contributed by atoms with van der Waals surface area (Å²) in [6, 6.07) is 9.80. The van der Waals surface area contributed by atoms with E-state index in [-0.39, 0.29) is 11.7 Å².